The second kappa shape index (κ2) is 6.29. The summed E-state index contributed by atoms with van der Waals surface area (Å²) in [6.07, 6.45) is 0. The van der Waals surface area contributed by atoms with Crippen LogP contribution in [0.3, 0.4) is 0 Å². The molecule has 0 fully saturated rings. The first-order chi connectivity index (χ1) is 8.86. The largest absolute Gasteiger partial charge is 0.348 e. The second-order valence-electron chi connectivity index (χ2n) is 4.82. The zero-order valence-corrected chi connectivity index (χ0v) is 11.3. The van der Waals surface area contributed by atoms with E-state index in [4.69, 9.17) is 5.73 Å². The third-order valence-corrected chi connectivity index (χ3v) is 3.04. The van der Waals surface area contributed by atoms with Gasteiger partial charge in [-0.15, -0.1) is 0 Å². The molecule has 1 amide bonds. The highest BCUT2D eigenvalue weighted by atomic mass is 16.6. The maximum absolute atomic E-state index is 12.0. The van der Waals surface area contributed by atoms with Gasteiger partial charge in [0.05, 0.1) is 4.92 Å². The average Bonchev–Trinajstić information content (AvgIpc) is 2.35. The Morgan fingerprint density at radius 1 is 1.47 bits per heavy atom. The predicted molar refractivity (Wildman–Crippen MR) is 73.0 cm³/mol. The van der Waals surface area contributed by atoms with E-state index in [1.807, 2.05) is 13.8 Å². The van der Waals surface area contributed by atoms with E-state index in [1.165, 1.54) is 6.07 Å². The average molecular weight is 265 g/mol. The number of amides is 1. The van der Waals surface area contributed by atoms with E-state index in [-0.39, 0.29) is 29.1 Å². The Morgan fingerprint density at radius 2 is 2.11 bits per heavy atom. The molecule has 0 saturated heterocycles. The quantitative estimate of drug-likeness (QED) is 0.624. The number of nitro benzene ring substituents is 1. The van der Waals surface area contributed by atoms with Gasteiger partial charge in [-0.25, -0.2) is 0 Å². The van der Waals surface area contributed by atoms with E-state index in [0.29, 0.717) is 12.1 Å². The minimum atomic E-state index is -0.491. The number of nitrogens with one attached hydrogen (secondary N) is 1. The minimum absolute atomic E-state index is 0.0542. The molecule has 104 valence electrons. The summed E-state index contributed by atoms with van der Waals surface area (Å²) in [5.41, 5.74) is 6.33. The molecule has 1 aromatic rings. The highest BCUT2D eigenvalue weighted by Gasteiger charge is 2.18. The first-order valence-electron chi connectivity index (χ1n) is 6.12. The fraction of sp³-hybridized carbons (Fsp3) is 0.462. The Balaban J connectivity index is 2.94. The van der Waals surface area contributed by atoms with Gasteiger partial charge < -0.3 is 11.1 Å². The fourth-order valence-corrected chi connectivity index (χ4v) is 1.70. The molecule has 1 atom stereocenters. The molecule has 0 aliphatic rings. The van der Waals surface area contributed by atoms with Crippen molar-refractivity contribution >= 4 is 11.6 Å². The minimum Gasteiger partial charge on any atom is -0.348 e. The monoisotopic (exact) mass is 265 g/mol. The van der Waals surface area contributed by atoms with Crippen molar-refractivity contribution in [1.82, 2.24) is 5.32 Å². The number of nitrogens with two attached hydrogens (primary N) is 1. The van der Waals surface area contributed by atoms with Gasteiger partial charge in [-0.3, -0.25) is 14.9 Å². The highest BCUT2D eigenvalue weighted by Crippen LogP contribution is 2.19. The summed E-state index contributed by atoms with van der Waals surface area (Å²) in [4.78, 5) is 22.4. The van der Waals surface area contributed by atoms with Crippen molar-refractivity contribution in [2.24, 2.45) is 11.7 Å². The van der Waals surface area contributed by atoms with Gasteiger partial charge in [-0.05, 0) is 18.9 Å². The van der Waals surface area contributed by atoms with Gasteiger partial charge in [0, 0.05) is 29.8 Å². The summed E-state index contributed by atoms with van der Waals surface area (Å²) in [6.45, 7) is 5.87. The van der Waals surface area contributed by atoms with E-state index in [2.05, 4.69) is 5.32 Å². The van der Waals surface area contributed by atoms with Crippen LogP contribution < -0.4 is 11.1 Å². The van der Waals surface area contributed by atoms with Crippen molar-refractivity contribution in [3.63, 3.8) is 0 Å². The van der Waals surface area contributed by atoms with Crippen molar-refractivity contribution in [3.05, 3.63) is 39.4 Å². The van der Waals surface area contributed by atoms with Crippen LogP contribution in [0, 0.1) is 23.0 Å². The van der Waals surface area contributed by atoms with Crippen LogP contribution in [0.1, 0.15) is 29.8 Å². The van der Waals surface area contributed by atoms with Crippen molar-refractivity contribution in [2.75, 3.05) is 6.54 Å². The molecule has 6 heteroatoms. The molecule has 1 unspecified atom stereocenters. The molecular formula is C13H19N3O3. The number of carbonyl (C=O) groups is 1. The van der Waals surface area contributed by atoms with Crippen LogP contribution in [-0.2, 0) is 0 Å². The van der Waals surface area contributed by atoms with Crippen molar-refractivity contribution in [2.45, 2.75) is 26.8 Å². The molecule has 0 saturated carbocycles. The molecule has 0 spiro atoms. The zero-order chi connectivity index (χ0) is 14.6. The van der Waals surface area contributed by atoms with Gasteiger partial charge in [0.15, 0.2) is 0 Å². The number of hydrogen-bond acceptors (Lipinski definition) is 4. The maximum atomic E-state index is 12.0. The van der Waals surface area contributed by atoms with Gasteiger partial charge in [-0.2, -0.15) is 0 Å². The van der Waals surface area contributed by atoms with Crippen molar-refractivity contribution < 1.29 is 9.72 Å². The number of carbonyl (C=O) groups excluding carboxylic acids is 1. The Hall–Kier alpha value is -1.95. The van der Waals surface area contributed by atoms with E-state index >= 15 is 0 Å². The molecule has 1 rings (SSSR count). The normalized spacial score (nSPS) is 12.3. The third-order valence-electron chi connectivity index (χ3n) is 3.04. The lowest BCUT2D eigenvalue weighted by molar-refractivity contribution is -0.385. The number of hydrogen-bond donors (Lipinski definition) is 2. The van der Waals surface area contributed by atoms with Crippen LogP contribution in [0.2, 0.25) is 0 Å². The molecule has 19 heavy (non-hydrogen) atoms. The van der Waals surface area contributed by atoms with Crippen molar-refractivity contribution in [3.8, 4) is 0 Å². The van der Waals surface area contributed by atoms with Gasteiger partial charge >= 0.3 is 0 Å². The smallest absolute Gasteiger partial charge is 0.273 e. The standard InChI is InChI=1S/C13H19N3O3/c1-8(2)11(7-14)15-13(17)10-5-4-9(3)12(6-10)16(18)19/h4-6,8,11H,7,14H2,1-3H3,(H,15,17). The van der Waals surface area contributed by atoms with Crippen LogP contribution in [0.5, 0.6) is 0 Å². The lowest BCUT2D eigenvalue weighted by Crippen LogP contribution is -2.43. The topological polar surface area (TPSA) is 98.3 Å². The first-order valence-corrected chi connectivity index (χ1v) is 6.12. The van der Waals surface area contributed by atoms with Gasteiger partial charge in [0.2, 0.25) is 0 Å². The van der Waals surface area contributed by atoms with Crippen molar-refractivity contribution in [1.29, 1.82) is 0 Å². The van der Waals surface area contributed by atoms with Crippen LogP contribution >= 0.6 is 0 Å². The molecule has 0 radical (unpaired) electrons. The number of nitro groups is 1. The zero-order valence-electron chi connectivity index (χ0n) is 11.3. The molecule has 1 aromatic carbocycles. The number of aryl methyl sites for hydroxylation is 1. The van der Waals surface area contributed by atoms with Crippen LogP contribution in [0.15, 0.2) is 18.2 Å². The SMILES string of the molecule is Cc1ccc(C(=O)NC(CN)C(C)C)cc1[N+](=O)[O-]. The van der Waals surface area contributed by atoms with Crippen LogP contribution in [0.4, 0.5) is 5.69 Å². The van der Waals surface area contributed by atoms with E-state index < -0.39 is 4.92 Å². The predicted octanol–water partition coefficient (Wildman–Crippen LogP) is 1.62. The third kappa shape index (κ3) is 3.75. The molecule has 0 heterocycles. The first kappa shape index (κ1) is 15.1. The Labute approximate surface area is 112 Å². The van der Waals surface area contributed by atoms with Crippen LogP contribution in [-0.4, -0.2) is 23.4 Å². The molecule has 6 nitrogen and oxygen atoms in total. The Kier molecular flexibility index (Phi) is 5.00. The summed E-state index contributed by atoms with van der Waals surface area (Å²) >= 11 is 0. The molecular weight excluding hydrogens is 246 g/mol. The maximum Gasteiger partial charge on any atom is 0.273 e. The second-order valence-corrected chi connectivity index (χ2v) is 4.82. The molecule has 3 N–H and O–H groups in total. The van der Waals surface area contributed by atoms with Gasteiger partial charge in [-0.1, -0.05) is 19.9 Å². The summed E-state index contributed by atoms with van der Waals surface area (Å²) in [7, 11) is 0. The summed E-state index contributed by atoms with van der Waals surface area (Å²) < 4.78 is 0. The fourth-order valence-electron chi connectivity index (χ4n) is 1.70. The molecule has 0 aliphatic heterocycles. The van der Waals surface area contributed by atoms with Gasteiger partial charge in [0.25, 0.3) is 11.6 Å². The van der Waals surface area contributed by atoms with E-state index in [0.717, 1.165) is 0 Å². The number of benzene rings is 1. The lowest BCUT2D eigenvalue weighted by Gasteiger charge is -2.20. The summed E-state index contributed by atoms with van der Waals surface area (Å²) in [5, 5.41) is 13.6. The Morgan fingerprint density at radius 3 is 2.58 bits per heavy atom. The number of rotatable bonds is 5. The highest BCUT2D eigenvalue weighted by molar-refractivity contribution is 5.95. The molecule has 0 aliphatic carbocycles. The summed E-state index contributed by atoms with van der Waals surface area (Å²) in [5.74, 6) is -0.137. The molecule has 0 bridgehead atoms. The Bertz CT molecular complexity index is 486. The molecule has 0 aromatic heterocycles. The summed E-state index contributed by atoms with van der Waals surface area (Å²) in [6, 6.07) is 4.29. The van der Waals surface area contributed by atoms with E-state index in [9.17, 15) is 14.9 Å². The van der Waals surface area contributed by atoms with Gasteiger partial charge in [0.1, 0.15) is 0 Å². The number of nitrogens with zero attached hydrogens (tertiary/aromatic N) is 1. The van der Waals surface area contributed by atoms with Crippen LogP contribution in [0.25, 0.3) is 0 Å². The lowest BCUT2D eigenvalue weighted by atomic mass is 10.0. The van der Waals surface area contributed by atoms with E-state index in [1.54, 1.807) is 19.1 Å².